The van der Waals surface area contributed by atoms with E-state index in [1.165, 1.54) is 0 Å². The zero-order valence-corrected chi connectivity index (χ0v) is 15.1. The summed E-state index contributed by atoms with van der Waals surface area (Å²) in [5.74, 6) is 0.964. The Morgan fingerprint density at radius 1 is 1.38 bits per heavy atom. The quantitative estimate of drug-likeness (QED) is 0.676. The molecule has 0 saturated carbocycles. The first-order chi connectivity index (χ1) is 9.76. The van der Waals surface area contributed by atoms with Gasteiger partial charge in [0.25, 0.3) is 0 Å². The maximum absolute atomic E-state index is 12.2. The van der Waals surface area contributed by atoms with Crippen molar-refractivity contribution in [2.24, 2.45) is 0 Å². The van der Waals surface area contributed by atoms with Crippen LogP contribution in [0.3, 0.4) is 0 Å². The lowest BCUT2D eigenvalue weighted by Crippen LogP contribution is -2.55. The second kappa shape index (κ2) is 6.37. The smallest absolute Gasteiger partial charge is 0.410 e. The molecule has 1 fully saturated rings. The van der Waals surface area contributed by atoms with Gasteiger partial charge in [0.05, 0.1) is 0 Å². The number of ether oxygens (including phenoxy) is 1. The molecule has 21 heavy (non-hydrogen) atoms. The molecule has 0 aliphatic carbocycles. The number of hydrogen-bond donors (Lipinski definition) is 0. The van der Waals surface area contributed by atoms with Crippen LogP contribution in [0.1, 0.15) is 27.7 Å². The molecule has 1 aliphatic heterocycles. The Bertz CT molecular complexity index is 499. The first-order valence-corrected chi connectivity index (χ1v) is 8.20. The molecule has 116 valence electrons. The highest BCUT2D eigenvalue weighted by molar-refractivity contribution is 14.1. The molecule has 1 aromatic rings. The molecule has 6 heteroatoms. The average molecular weight is 403 g/mol. The largest absolute Gasteiger partial charge is 0.444 e. The molecule has 0 spiro atoms. The van der Waals surface area contributed by atoms with Crippen molar-refractivity contribution < 1.29 is 9.53 Å². The van der Waals surface area contributed by atoms with Crippen molar-refractivity contribution >= 4 is 34.5 Å². The number of amides is 1. The van der Waals surface area contributed by atoms with Gasteiger partial charge in [-0.1, -0.05) is 0 Å². The number of anilines is 1. The molecule has 1 aromatic heterocycles. The van der Waals surface area contributed by atoms with Gasteiger partial charge in [0.2, 0.25) is 0 Å². The molecule has 2 rings (SSSR count). The number of piperazine rings is 1. The third-order valence-electron chi connectivity index (χ3n) is 3.29. The van der Waals surface area contributed by atoms with Crippen LogP contribution in [0.2, 0.25) is 0 Å². The molecular formula is C15H22IN3O2. The summed E-state index contributed by atoms with van der Waals surface area (Å²) in [6.45, 7) is 9.92. The van der Waals surface area contributed by atoms with Gasteiger partial charge in [0, 0.05) is 35.4 Å². The Kier molecular flexibility index (Phi) is 4.95. The molecule has 2 heterocycles. The van der Waals surface area contributed by atoms with Crippen LogP contribution in [-0.4, -0.2) is 47.3 Å². The van der Waals surface area contributed by atoms with Crippen molar-refractivity contribution in [2.75, 3.05) is 24.5 Å². The van der Waals surface area contributed by atoms with E-state index in [9.17, 15) is 4.79 Å². The number of aromatic nitrogens is 1. The summed E-state index contributed by atoms with van der Waals surface area (Å²) in [5, 5.41) is 0. The SMILES string of the molecule is C[C@@H]1CN(c2ccc(I)cn2)CCN1C(=O)OC(C)(C)C. The second-order valence-corrected chi connectivity index (χ2v) is 7.55. The number of nitrogens with zero attached hydrogens (tertiary/aromatic N) is 3. The predicted octanol–water partition coefficient (Wildman–Crippen LogP) is 3.13. The van der Waals surface area contributed by atoms with Crippen LogP contribution < -0.4 is 4.90 Å². The van der Waals surface area contributed by atoms with Gasteiger partial charge in [-0.3, -0.25) is 0 Å². The van der Waals surface area contributed by atoms with Gasteiger partial charge in [0.15, 0.2) is 0 Å². The van der Waals surface area contributed by atoms with Crippen molar-refractivity contribution in [1.29, 1.82) is 0 Å². The minimum absolute atomic E-state index is 0.106. The lowest BCUT2D eigenvalue weighted by molar-refractivity contribution is 0.0158. The summed E-state index contributed by atoms with van der Waals surface area (Å²) in [4.78, 5) is 20.6. The summed E-state index contributed by atoms with van der Waals surface area (Å²) in [6, 6.07) is 4.18. The second-order valence-electron chi connectivity index (χ2n) is 6.30. The maximum atomic E-state index is 12.2. The van der Waals surface area contributed by atoms with E-state index < -0.39 is 5.60 Å². The Balaban J connectivity index is 1.99. The molecule has 5 nitrogen and oxygen atoms in total. The maximum Gasteiger partial charge on any atom is 0.410 e. The molecule has 0 aromatic carbocycles. The van der Waals surface area contributed by atoms with Gasteiger partial charge >= 0.3 is 6.09 Å². The molecule has 0 radical (unpaired) electrons. The summed E-state index contributed by atoms with van der Waals surface area (Å²) in [7, 11) is 0. The van der Waals surface area contributed by atoms with Crippen LogP contribution in [0.4, 0.5) is 10.6 Å². The monoisotopic (exact) mass is 403 g/mol. The topological polar surface area (TPSA) is 45.7 Å². The molecule has 1 saturated heterocycles. The van der Waals surface area contributed by atoms with Crippen LogP contribution in [0.5, 0.6) is 0 Å². The molecule has 0 bridgehead atoms. The van der Waals surface area contributed by atoms with Crippen molar-refractivity contribution in [3.05, 3.63) is 21.9 Å². The molecule has 0 N–H and O–H groups in total. The number of rotatable bonds is 1. The summed E-state index contributed by atoms with van der Waals surface area (Å²) < 4.78 is 6.58. The number of carbonyl (C=O) groups is 1. The highest BCUT2D eigenvalue weighted by atomic mass is 127. The fourth-order valence-corrected chi connectivity index (χ4v) is 2.63. The summed E-state index contributed by atoms with van der Waals surface area (Å²) in [6.07, 6.45) is 1.63. The lowest BCUT2D eigenvalue weighted by atomic mass is 10.2. The molecule has 1 aliphatic rings. The average Bonchev–Trinajstić information content (AvgIpc) is 2.37. The van der Waals surface area contributed by atoms with Crippen molar-refractivity contribution in [2.45, 2.75) is 39.3 Å². The first kappa shape index (κ1) is 16.3. The van der Waals surface area contributed by atoms with Gasteiger partial charge in [0.1, 0.15) is 11.4 Å². The zero-order valence-electron chi connectivity index (χ0n) is 13.0. The minimum atomic E-state index is -0.453. The number of hydrogen-bond acceptors (Lipinski definition) is 4. The lowest BCUT2D eigenvalue weighted by Gasteiger charge is -2.40. The zero-order chi connectivity index (χ0) is 15.6. The van der Waals surface area contributed by atoms with E-state index in [1.807, 2.05) is 46.0 Å². The fraction of sp³-hybridized carbons (Fsp3) is 0.600. The highest BCUT2D eigenvalue weighted by Crippen LogP contribution is 2.20. The Labute approximate surface area is 139 Å². The van der Waals surface area contributed by atoms with Crippen LogP contribution in [0.15, 0.2) is 18.3 Å². The van der Waals surface area contributed by atoms with E-state index in [2.05, 4.69) is 32.5 Å². The van der Waals surface area contributed by atoms with Gasteiger partial charge in [-0.05, 0) is 62.4 Å². The van der Waals surface area contributed by atoms with Crippen molar-refractivity contribution in [1.82, 2.24) is 9.88 Å². The van der Waals surface area contributed by atoms with Crippen LogP contribution >= 0.6 is 22.6 Å². The highest BCUT2D eigenvalue weighted by Gasteiger charge is 2.31. The Morgan fingerprint density at radius 2 is 2.10 bits per heavy atom. The van der Waals surface area contributed by atoms with Gasteiger partial charge < -0.3 is 14.5 Å². The van der Waals surface area contributed by atoms with E-state index in [0.29, 0.717) is 6.54 Å². The summed E-state index contributed by atoms with van der Waals surface area (Å²) in [5.41, 5.74) is -0.453. The number of pyridine rings is 1. The normalized spacial score (nSPS) is 19.6. The van der Waals surface area contributed by atoms with Crippen LogP contribution in [0.25, 0.3) is 0 Å². The standard InChI is InChI=1S/C15H22IN3O2/c1-11-10-18(13-6-5-12(16)9-17-13)7-8-19(11)14(20)21-15(2,3)4/h5-6,9,11H,7-8,10H2,1-4H3/t11-/m1/s1. The third kappa shape index (κ3) is 4.46. The van der Waals surface area contributed by atoms with E-state index in [1.54, 1.807) is 4.90 Å². The summed E-state index contributed by atoms with van der Waals surface area (Å²) >= 11 is 2.25. The molecular weight excluding hydrogens is 381 g/mol. The predicted molar refractivity (Wildman–Crippen MR) is 91.6 cm³/mol. The van der Waals surface area contributed by atoms with Crippen molar-refractivity contribution in [3.8, 4) is 0 Å². The Hall–Kier alpha value is -1.05. The Morgan fingerprint density at radius 3 is 2.62 bits per heavy atom. The third-order valence-corrected chi connectivity index (χ3v) is 3.93. The molecule has 1 amide bonds. The van der Waals surface area contributed by atoms with E-state index >= 15 is 0 Å². The fourth-order valence-electron chi connectivity index (χ4n) is 2.31. The van der Waals surface area contributed by atoms with Crippen molar-refractivity contribution in [3.63, 3.8) is 0 Å². The van der Waals surface area contributed by atoms with Crippen LogP contribution in [-0.2, 0) is 4.74 Å². The molecule has 0 unspecified atom stereocenters. The first-order valence-electron chi connectivity index (χ1n) is 7.12. The van der Waals surface area contributed by atoms with E-state index in [0.717, 1.165) is 22.5 Å². The molecule has 1 atom stereocenters. The van der Waals surface area contributed by atoms with E-state index in [-0.39, 0.29) is 12.1 Å². The number of carbonyl (C=O) groups excluding carboxylic acids is 1. The van der Waals surface area contributed by atoms with Gasteiger partial charge in [-0.2, -0.15) is 0 Å². The van der Waals surface area contributed by atoms with Crippen LogP contribution in [0, 0.1) is 3.57 Å². The van der Waals surface area contributed by atoms with Gasteiger partial charge in [-0.25, -0.2) is 9.78 Å². The minimum Gasteiger partial charge on any atom is -0.444 e. The van der Waals surface area contributed by atoms with E-state index in [4.69, 9.17) is 4.74 Å². The van der Waals surface area contributed by atoms with Gasteiger partial charge in [-0.15, -0.1) is 0 Å². The number of halogens is 1.